The van der Waals surface area contributed by atoms with Gasteiger partial charge in [0.1, 0.15) is 11.7 Å². The number of benzene rings is 3. The van der Waals surface area contributed by atoms with E-state index in [2.05, 4.69) is 0 Å². The Labute approximate surface area is 180 Å². The molecule has 0 unspecified atom stereocenters. The van der Waals surface area contributed by atoms with Crippen LogP contribution in [0.4, 0.5) is 11.4 Å². The van der Waals surface area contributed by atoms with E-state index in [1.54, 1.807) is 24.3 Å². The van der Waals surface area contributed by atoms with Gasteiger partial charge in [0, 0.05) is 0 Å². The second-order valence-corrected chi connectivity index (χ2v) is 7.78. The van der Waals surface area contributed by atoms with E-state index in [-0.39, 0.29) is 11.8 Å². The number of amides is 2. The minimum Gasteiger partial charge on any atom is -0.497 e. The average Bonchev–Trinajstić information content (AvgIpc) is 3.31. The molecular formula is C25H22N2O4. The summed E-state index contributed by atoms with van der Waals surface area (Å²) < 4.78 is 5.28. The third kappa shape index (κ3) is 3.16. The molecule has 3 atom stereocenters. The summed E-state index contributed by atoms with van der Waals surface area (Å²) in [5, 5.41) is 1.69. The van der Waals surface area contributed by atoms with E-state index in [1.807, 2.05) is 73.7 Å². The molecule has 2 amide bonds. The van der Waals surface area contributed by atoms with Crippen LogP contribution in [0.25, 0.3) is 0 Å². The molecule has 3 aromatic rings. The van der Waals surface area contributed by atoms with Crippen LogP contribution in [0, 0.1) is 12.8 Å². The number of nitrogens with zero attached hydrogens (tertiary/aromatic N) is 2. The Morgan fingerprint density at radius 1 is 0.806 bits per heavy atom. The highest BCUT2D eigenvalue weighted by molar-refractivity contribution is 6.23. The summed E-state index contributed by atoms with van der Waals surface area (Å²) in [6.07, 6.45) is -0.874. The zero-order chi connectivity index (χ0) is 21.5. The predicted octanol–water partition coefficient (Wildman–Crippen LogP) is 4.05. The van der Waals surface area contributed by atoms with Gasteiger partial charge in [0.15, 0.2) is 6.10 Å². The number of hydroxylamine groups is 1. The van der Waals surface area contributed by atoms with Crippen molar-refractivity contribution < 1.29 is 19.2 Å². The summed E-state index contributed by atoms with van der Waals surface area (Å²) >= 11 is 0. The average molecular weight is 414 g/mol. The van der Waals surface area contributed by atoms with Crippen molar-refractivity contribution in [1.29, 1.82) is 0 Å². The van der Waals surface area contributed by atoms with Crippen molar-refractivity contribution in [3.8, 4) is 5.75 Å². The van der Waals surface area contributed by atoms with Gasteiger partial charge in [-0.15, -0.1) is 0 Å². The fourth-order valence-electron chi connectivity index (χ4n) is 4.30. The number of para-hydroxylation sites is 1. The number of fused-ring (bicyclic) bond motifs is 1. The number of hydrogen-bond acceptors (Lipinski definition) is 5. The minimum absolute atomic E-state index is 0.252. The molecule has 6 heteroatoms. The first-order chi connectivity index (χ1) is 15.1. The SMILES string of the molecule is COc1ccc([C@@H]2[C@H]3C(=O)N(c4ccc(C)cc4)C(=O)[C@@H]3ON2c2ccccc2)cc1. The van der Waals surface area contributed by atoms with Gasteiger partial charge in [-0.05, 0) is 48.9 Å². The van der Waals surface area contributed by atoms with E-state index in [9.17, 15) is 9.59 Å². The first kappa shape index (κ1) is 19.3. The van der Waals surface area contributed by atoms with Crippen LogP contribution in [0.15, 0.2) is 78.9 Å². The molecule has 3 aromatic carbocycles. The second-order valence-electron chi connectivity index (χ2n) is 7.78. The molecule has 156 valence electrons. The summed E-state index contributed by atoms with van der Waals surface area (Å²) in [6.45, 7) is 1.96. The highest BCUT2D eigenvalue weighted by Crippen LogP contribution is 2.47. The molecule has 2 heterocycles. The van der Waals surface area contributed by atoms with Gasteiger partial charge in [0.2, 0.25) is 5.91 Å². The van der Waals surface area contributed by atoms with Crippen LogP contribution >= 0.6 is 0 Å². The molecule has 2 saturated heterocycles. The molecule has 6 nitrogen and oxygen atoms in total. The first-order valence-electron chi connectivity index (χ1n) is 10.2. The van der Waals surface area contributed by atoms with Gasteiger partial charge in [0.05, 0.1) is 24.5 Å². The van der Waals surface area contributed by atoms with Gasteiger partial charge in [-0.3, -0.25) is 14.4 Å². The Bertz CT molecular complexity index is 1110. The van der Waals surface area contributed by atoms with Crippen LogP contribution < -0.4 is 14.7 Å². The fraction of sp³-hybridized carbons (Fsp3) is 0.200. The lowest BCUT2D eigenvalue weighted by Gasteiger charge is -2.28. The minimum atomic E-state index is -0.874. The van der Waals surface area contributed by atoms with E-state index >= 15 is 0 Å². The zero-order valence-corrected chi connectivity index (χ0v) is 17.3. The van der Waals surface area contributed by atoms with Gasteiger partial charge in [-0.1, -0.05) is 48.0 Å². The van der Waals surface area contributed by atoms with Crippen LogP contribution in [-0.4, -0.2) is 25.0 Å². The van der Waals surface area contributed by atoms with Gasteiger partial charge in [-0.2, -0.15) is 0 Å². The monoisotopic (exact) mass is 414 g/mol. The van der Waals surface area contributed by atoms with Crippen molar-refractivity contribution in [2.24, 2.45) is 5.92 Å². The summed E-state index contributed by atoms with van der Waals surface area (Å²) in [5.74, 6) is -0.517. The Morgan fingerprint density at radius 2 is 1.48 bits per heavy atom. The third-order valence-corrected chi connectivity index (χ3v) is 5.88. The molecule has 0 radical (unpaired) electrons. The highest BCUT2D eigenvalue weighted by Gasteiger charge is 2.60. The van der Waals surface area contributed by atoms with E-state index in [0.29, 0.717) is 5.69 Å². The van der Waals surface area contributed by atoms with Crippen molar-refractivity contribution >= 4 is 23.2 Å². The predicted molar refractivity (Wildman–Crippen MR) is 117 cm³/mol. The largest absolute Gasteiger partial charge is 0.497 e. The number of anilines is 2. The van der Waals surface area contributed by atoms with Crippen molar-refractivity contribution in [2.45, 2.75) is 19.1 Å². The number of methoxy groups -OCH3 is 1. The standard InChI is InChI=1S/C25H22N2O4/c1-16-8-12-18(13-9-16)26-24(28)21-22(17-10-14-20(30-2)15-11-17)27(31-23(21)25(26)29)19-6-4-3-5-7-19/h3-15,21-23H,1-2H3/t21-,22-,23-/m1/s1. The van der Waals surface area contributed by atoms with E-state index < -0.39 is 18.1 Å². The third-order valence-electron chi connectivity index (χ3n) is 5.88. The number of ether oxygens (including phenoxy) is 1. The van der Waals surface area contributed by atoms with Crippen LogP contribution in [-0.2, 0) is 14.4 Å². The number of carbonyl (C=O) groups excluding carboxylic acids is 2. The summed E-state index contributed by atoms with van der Waals surface area (Å²) in [6, 6.07) is 24.0. The molecule has 0 aromatic heterocycles. The molecule has 2 aliphatic rings. The van der Waals surface area contributed by atoms with Crippen molar-refractivity contribution in [3.63, 3.8) is 0 Å². The van der Waals surface area contributed by atoms with Gasteiger partial charge >= 0.3 is 0 Å². The molecule has 0 N–H and O–H groups in total. The quantitative estimate of drug-likeness (QED) is 0.603. The smallest absolute Gasteiger partial charge is 0.266 e. The van der Waals surface area contributed by atoms with Crippen LogP contribution in [0.3, 0.4) is 0 Å². The van der Waals surface area contributed by atoms with Crippen LogP contribution in [0.1, 0.15) is 17.2 Å². The van der Waals surface area contributed by atoms with Crippen LogP contribution in [0.2, 0.25) is 0 Å². The topological polar surface area (TPSA) is 59.1 Å². The van der Waals surface area contributed by atoms with Gasteiger partial charge < -0.3 is 4.74 Å². The Balaban J connectivity index is 1.57. The molecule has 2 aliphatic heterocycles. The summed E-state index contributed by atoms with van der Waals surface area (Å²) in [5.41, 5.74) is 3.30. The molecule has 5 rings (SSSR count). The van der Waals surface area contributed by atoms with E-state index in [1.165, 1.54) is 4.90 Å². The van der Waals surface area contributed by atoms with E-state index in [4.69, 9.17) is 9.57 Å². The maximum Gasteiger partial charge on any atom is 0.266 e. The normalized spacial score (nSPS) is 22.7. The fourth-order valence-corrected chi connectivity index (χ4v) is 4.30. The van der Waals surface area contributed by atoms with Gasteiger partial charge in [0.25, 0.3) is 5.91 Å². The number of imide groups is 1. The van der Waals surface area contributed by atoms with Gasteiger partial charge in [-0.25, -0.2) is 9.96 Å². The summed E-state index contributed by atoms with van der Waals surface area (Å²) in [4.78, 5) is 34.2. The highest BCUT2D eigenvalue weighted by atomic mass is 16.7. The summed E-state index contributed by atoms with van der Waals surface area (Å²) in [7, 11) is 1.61. The van der Waals surface area contributed by atoms with Crippen molar-refractivity contribution in [1.82, 2.24) is 0 Å². The van der Waals surface area contributed by atoms with E-state index in [0.717, 1.165) is 22.6 Å². The lowest BCUT2D eigenvalue weighted by atomic mass is 9.90. The van der Waals surface area contributed by atoms with Crippen molar-refractivity contribution in [2.75, 3.05) is 17.1 Å². The Kier molecular flexibility index (Phi) is 4.71. The number of rotatable bonds is 4. The Morgan fingerprint density at radius 3 is 2.13 bits per heavy atom. The Hall–Kier alpha value is -3.64. The second kappa shape index (κ2) is 7.56. The molecule has 0 aliphatic carbocycles. The molecule has 0 bridgehead atoms. The number of hydrogen-bond donors (Lipinski definition) is 0. The maximum absolute atomic E-state index is 13.5. The number of carbonyl (C=O) groups is 2. The molecule has 0 saturated carbocycles. The first-order valence-corrected chi connectivity index (χ1v) is 10.2. The maximum atomic E-state index is 13.5. The zero-order valence-electron chi connectivity index (χ0n) is 17.3. The van der Waals surface area contributed by atoms with Crippen LogP contribution in [0.5, 0.6) is 5.75 Å². The lowest BCUT2D eigenvalue weighted by molar-refractivity contribution is -0.126. The molecule has 0 spiro atoms. The molecule has 2 fully saturated rings. The lowest BCUT2D eigenvalue weighted by Crippen LogP contribution is -2.37. The molecule has 31 heavy (non-hydrogen) atoms. The molecular weight excluding hydrogens is 392 g/mol. The number of aryl methyl sites for hydroxylation is 1. The van der Waals surface area contributed by atoms with Crippen molar-refractivity contribution in [3.05, 3.63) is 90.0 Å².